The number of imidazole rings is 1. The van der Waals surface area contributed by atoms with Crippen LogP contribution in [0.4, 0.5) is 0 Å². The van der Waals surface area contributed by atoms with Crippen LogP contribution in [0.5, 0.6) is 34.5 Å². The number of carboxylic acid groups (broad SMARTS) is 1. The van der Waals surface area contributed by atoms with Gasteiger partial charge in [-0.15, -0.1) is 35.7 Å². The molecule has 83 heavy (non-hydrogen) atoms. The summed E-state index contributed by atoms with van der Waals surface area (Å²) in [5.41, 5.74) is 8.20. The number of methoxy groups -OCH3 is 4. The Hall–Kier alpha value is -6.76. The quantitative estimate of drug-likeness (QED) is 0.0515. The molecule has 0 radical (unpaired) electrons. The van der Waals surface area contributed by atoms with Crippen molar-refractivity contribution in [2.24, 2.45) is 0 Å². The minimum absolute atomic E-state index is 0. The van der Waals surface area contributed by atoms with Crippen LogP contribution in [0.3, 0.4) is 0 Å². The van der Waals surface area contributed by atoms with Gasteiger partial charge >= 0.3 is 5.97 Å². The number of carbonyl (C=O) groups excluding carboxylic acids is 1. The van der Waals surface area contributed by atoms with E-state index in [1.54, 1.807) is 45.3 Å². The lowest BCUT2D eigenvalue weighted by atomic mass is 10.1. The van der Waals surface area contributed by atoms with Gasteiger partial charge in [0.2, 0.25) is 0 Å². The molecule has 0 amide bonds. The Morgan fingerprint density at radius 3 is 1.31 bits per heavy atom. The first-order valence-corrected chi connectivity index (χ1v) is 35.6. The Morgan fingerprint density at radius 2 is 0.928 bits per heavy atom. The first-order valence-electron chi connectivity index (χ1n) is 25.3. The monoisotopic (exact) mass is 1250 g/mol. The number of hydrogen-bond donors (Lipinski definition) is 2. The van der Waals surface area contributed by atoms with Gasteiger partial charge in [0.25, 0.3) is 0 Å². The Labute approximate surface area is 500 Å². The summed E-state index contributed by atoms with van der Waals surface area (Å²) in [6.45, 7) is 1.39. The maximum Gasteiger partial charge on any atom is 0.358 e. The van der Waals surface area contributed by atoms with Crippen molar-refractivity contribution in [3.63, 3.8) is 0 Å². The van der Waals surface area contributed by atoms with Crippen molar-refractivity contribution in [3.05, 3.63) is 220 Å². The summed E-state index contributed by atoms with van der Waals surface area (Å²) in [5.74, 6) is 2.86. The van der Waals surface area contributed by atoms with E-state index >= 15 is 0 Å². The number of ether oxygens (including phenoxy) is 6. The van der Waals surface area contributed by atoms with E-state index in [1.165, 1.54) is 4.68 Å². The predicted octanol–water partition coefficient (Wildman–Crippen LogP) is 15.7. The number of carbonyl (C=O) groups is 2. The molecule has 15 nitrogen and oxygen atoms in total. The fourth-order valence-corrected chi connectivity index (χ4v) is 8.53. The number of aromatic amines is 1. The summed E-state index contributed by atoms with van der Waals surface area (Å²) in [7, 11) is 17.6. The van der Waals surface area contributed by atoms with Crippen LogP contribution < -0.4 is 28.4 Å². The minimum Gasteiger partial charge on any atom is -0.497 e. The number of hydrogen-bond acceptors (Lipinski definition) is 11. The maximum absolute atomic E-state index is 14.2. The van der Waals surface area contributed by atoms with Crippen LogP contribution in [0.15, 0.2) is 176 Å². The molecule has 0 fully saturated rings. The van der Waals surface area contributed by atoms with Gasteiger partial charge in [0, 0.05) is 16.1 Å². The number of nitrogens with zero attached hydrogens (tertiary/aromatic N) is 5. The van der Waals surface area contributed by atoms with E-state index in [-0.39, 0.29) is 64.8 Å². The zero-order valence-corrected chi connectivity index (χ0v) is 52.5. The molecule has 7 aromatic carbocycles. The van der Waals surface area contributed by atoms with Crippen LogP contribution >= 0.6 is 61.3 Å². The summed E-state index contributed by atoms with van der Waals surface area (Å²) in [5, 5.41) is 20.2. The first-order chi connectivity index (χ1) is 39.7. The van der Waals surface area contributed by atoms with Crippen molar-refractivity contribution in [2.75, 3.05) is 28.4 Å². The molecule has 0 saturated carbocycles. The summed E-state index contributed by atoms with van der Waals surface area (Å²) < 4.78 is 36.7. The number of aromatic carboxylic acids is 1. The van der Waals surface area contributed by atoms with Gasteiger partial charge in [-0.2, -0.15) is 10.2 Å². The van der Waals surface area contributed by atoms with Gasteiger partial charge < -0.3 is 38.5 Å². The second-order valence-electron chi connectivity index (χ2n) is 18.1. The Bertz CT molecular complexity index is 3680. The average Bonchev–Trinajstić information content (AvgIpc) is 4.34. The zero-order valence-electron chi connectivity index (χ0n) is 45.3. The molecule has 0 bridgehead atoms. The highest BCUT2D eigenvalue weighted by atomic mass is 35.5. The molecule has 4 unspecified atom stereocenters. The molecule has 0 aliphatic heterocycles. The third-order valence-electron chi connectivity index (χ3n) is 12.5. The van der Waals surface area contributed by atoms with Gasteiger partial charge in [0.1, 0.15) is 59.1 Å². The van der Waals surface area contributed by atoms with Gasteiger partial charge in [0.15, 0.2) is 23.0 Å². The van der Waals surface area contributed by atoms with E-state index in [1.807, 2.05) is 164 Å². The minimum atomic E-state index is -1.11. The number of aromatic nitrogens is 6. The van der Waals surface area contributed by atoms with Gasteiger partial charge in [-0.25, -0.2) is 14.5 Å². The fraction of sp³-hybridized carbons (Fsp3) is 0.164. The second-order valence-corrected chi connectivity index (χ2v) is 38.3. The molecule has 2 N–H and O–H groups in total. The summed E-state index contributed by atoms with van der Waals surface area (Å²) >= 11 is 6.17. The number of fused-ring (bicyclic) bond motifs is 1. The number of nitrogens with one attached hydrogen (secondary N) is 1. The van der Waals surface area contributed by atoms with Gasteiger partial charge in [0.05, 0.1) is 59.0 Å². The molecule has 10 rings (SSSR count). The highest BCUT2D eigenvalue weighted by Gasteiger charge is 2.29. The lowest BCUT2D eigenvalue weighted by molar-refractivity contribution is 0.0678. The third-order valence-corrected chi connectivity index (χ3v) is 34.1. The Balaban J connectivity index is 0.000000221. The van der Waals surface area contributed by atoms with Gasteiger partial charge in [-0.1, -0.05) is 128 Å². The Kier molecular flexibility index (Phi) is 24.0. The van der Waals surface area contributed by atoms with Crippen LogP contribution in [-0.2, 0) is 32.7 Å². The molecule has 3 heterocycles. The molecule has 0 aliphatic rings. The highest BCUT2D eigenvalue weighted by Crippen LogP contribution is 2.86. The molecule has 0 saturated heterocycles. The van der Waals surface area contributed by atoms with Crippen molar-refractivity contribution in [3.8, 4) is 57.0 Å². The third kappa shape index (κ3) is 17.4. The van der Waals surface area contributed by atoms with E-state index < -0.39 is 5.97 Å². The second kappa shape index (κ2) is 31.2. The van der Waals surface area contributed by atoms with E-state index in [4.69, 9.17) is 45.1 Å². The topological polar surface area (TPSA) is 174 Å². The van der Waals surface area contributed by atoms with Crippen LogP contribution in [0.25, 0.3) is 33.5 Å². The molecule has 3 aromatic heterocycles. The normalized spacial score (nSPS) is 10.7. The molecule has 22 heteroatoms. The van der Waals surface area contributed by atoms with Crippen LogP contribution in [0.2, 0.25) is 5.02 Å². The number of H-pyrrole nitrogens is 1. The molecular formula is C61H65ClN6O9P6. The van der Waals surface area contributed by atoms with E-state index in [9.17, 15) is 14.7 Å². The van der Waals surface area contributed by atoms with Crippen molar-refractivity contribution in [1.82, 2.24) is 29.5 Å². The maximum atomic E-state index is 14.2. The van der Waals surface area contributed by atoms with Crippen molar-refractivity contribution >= 4 is 84.1 Å². The number of benzene rings is 7. The van der Waals surface area contributed by atoms with Crippen LogP contribution in [-0.4, -0.2) is 74.8 Å². The number of halogens is 1. The van der Waals surface area contributed by atoms with Gasteiger partial charge in [-0.3, -0.25) is 9.48 Å². The standard InChI is InChI=1S/C34H29ClN4O4.C26H24N2O5.CH4.H8P6/c1-41-26-13-8-22(9-14-26)20-39-33(30(40)19-31-36-28-17-12-25(35)18-29(28)37-31)34(32(38-39)24-6-4-3-5-7-24)43-21-23-10-15-27(42-2)16-11-23;1-31-21-12-8-18(9-13-21)16-28-24(26(29)30)25(23(27-28)20-6-4-3-5-7-20)33-17-19-10-14-22(32-2)15-11-19;;1-5(2)6(3)4/h3-18H,19-21H2,1-2H3,(H,36,37);3-15H,16-17H2,1-2H3,(H,29,30);1H4;1-4H2. The summed E-state index contributed by atoms with van der Waals surface area (Å²) in [4.78, 5) is 34.3. The SMILES string of the molecule is C.COc1ccc(COc2c(-c3ccccc3)nn(Cc3ccc(OC)cc3)c2C(=O)Cc2nc3ccc(Cl)cc3[nH]2)cc1.COc1ccc(COc2c(-c3ccccc3)nn(Cc3ccc(OC)cc3)c2C(=O)O)cc1.PP(P)P(P)P. The number of Topliss-reactive ketones (excluding diaryl/α,β-unsaturated/α-hetero) is 1. The van der Waals surface area contributed by atoms with Crippen molar-refractivity contribution in [1.29, 1.82) is 0 Å². The molecule has 0 aliphatic carbocycles. The highest BCUT2D eigenvalue weighted by molar-refractivity contribution is 8.92. The molecule has 10 aromatic rings. The number of carboxylic acids is 1. The van der Waals surface area contributed by atoms with Crippen LogP contribution in [0, 0.1) is 0 Å². The van der Waals surface area contributed by atoms with E-state index in [0.717, 1.165) is 67.4 Å². The predicted molar refractivity (Wildman–Crippen MR) is 350 cm³/mol. The van der Waals surface area contributed by atoms with Crippen molar-refractivity contribution in [2.45, 2.75) is 40.2 Å². The largest absolute Gasteiger partial charge is 0.497 e. The van der Waals surface area contributed by atoms with E-state index in [2.05, 4.69) is 50.8 Å². The lowest BCUT2D eigenvalue weighted by Crippen LogP contribution is -2.15. The molecule has 430 valence electrons. The summed E-state index contributed by atoms with van der Waals surface area (Å²) in [6, 6.07) is 54.7. The van der Waals surface area contributed by atoms with Gasteiger partial charge in [-0.05, 0) is 103 Å². The molecule has 0 spiro atoms. The lowest BCUT2D eigenvalue weighted by Gasteiger charge is -2.11. The fourth-order valence-electron chi connectivity index (χ4n) is 8.36. The van der Waals surface area contributed by atoms with Crippen LogP contribution in [0.1, 0.15) is 56.5 Å². The zero-order chi connectivity index (χ0) is 58.1. The molecule has 4 atom stereocenters. The van der Waals surface area contributed by atoms with E-state index in [0.29, 0.717) is 40.2 Å². The first kappa shape index (κ1) is 63.8. The summed E-state index contributed by atoms with van der Waals surface area (Å²) in [6.07, 6.45) is 0.0216. The molecular weight excluding hydrogens is 1180 g/mol. The smallest absolute Gasteiger partial charge is 0.358 e. The Morgan fingerprint density at radius 1 is 0.542 bits per heavy atom. The number of ketones is 1. The average molecular weight is 1250 g/mol. The number of rotatable bonds is 21. The van der Waals surface area contributed by atoms with Crippen molar-refractivity contribution < 1.29 is 43.1 Å².